The molecular weight excluding hydrogens is 231 g/mol. The quantitative estimate of drug-likeness (QED) is 0.787. The maximum Gasteiger partial charge on any atom is 0.143 e. The van der Waals surface area contributed by atoms with Crippen LogP contribution >= 0.6 is 11.6 Å². The monoisotopic (exact) mass is 244 g/mol. The van der Waals surface area contributed by atoms with Crippen LogP contribution < -0.4 is 11.1 Å². The Bertz CT molecular complexity index is 400. The summed E-state index contributed by atoms with van der Waals surface area (Å²) in [6.07, 6.45) is 1.00. The number of nitrogens with two attached hydrogens (primary N) is 1. The lowest BCUT2D eigenvalue weighted by atomic mass is 10.1. The predicted molar refractivity (Wildman–Crippen MR) is 63.3 cm³/mol. The molecule has 1 aromatic rings. The number of anilines is 2. The van der Waals surface area contributed by atoms with E-state index in [4.69, 9.17) is 22.1 Å². The van der Waals surface area contributed by atoms with Gasteiger partial charge in [-0.2, -0.15) is 0 Å². The fourth-order valence-electron chi connectivity index (χ4n) is 1.81. The van der Waals surface area contributed by atoms with Crippen molar-refractivity contribution >= 4 is 23.0 Å². The highest BCUT2D eigenvalue weighted by atomic mass is 35.5. The second-order valence-corrected chi connectivity index (χ2v) is 4.38. The van der Waals surface area contributed by atoms with Gasteiger partial charge >= 0.3 is 0 Å². The molecule has 0 aromatic heterocycles. The van der Waals surface area contributed by atoms with E-state index in [2.05, 4.69) is 5.32 Å². The normalized spacial score (nSPS) is 24.7. The van der Waals surface area contributed by atoms with Gasteiger partial charge in [0.15, 0.2) is 0 Å². The molecule has 2 rings (SSSR count). The Morgan fingerprint density at radius 2 is 2.31 bits per heavy atom. The van der Waals surface area contributed by atoms with Gasteiger partial charge in [-0.3, -0.25) is 0 Å². The minimum atomic E-state index is -0.468. The van der Waals surface area contributed by atoms with Gasteiger partial charge in [-0.15, -0.1) is 0 Å². The number of benzene rings is 1. The van der Waals surface area contributed by atoms with Crippen molar-refractivity contribution in [1.82, 2.24) is 0 Å². The van der Waals surface area contributed by atoms with Crippen molar-refractivity contribution in [1.29, 1.82) is 0 Å². The molecule has 1 aromatic carbocycles. The summed E-state index contributed by atoms with van der Waals surface area (Å²) < 4.78 is 18.7. The van der Waals surface area contributed by atoms with Crippen LogP contribution in [0.2, 0.25) is 5.02 Å². The third-order valence-corrected chi connectivity index (χ3v) is 3.10. The van der Waals surface area contributed by atoms with Crippen LogP contribution in [0.1, 0.15) is 13.3 Å². The maximum absolute atomic E-state index is 13.3. The summed E-state index contributed by atoms with van der Waals surface area (Å²) in [5.41, 5.74) is 6.78. The van der Waals surface area contributed by atoms with E-state index in [1.54, 1.807) is 0 Å². The molecule has 1 saturated heterocycles. The molecule has 1 aliphatic rings. The summed E-state index contributed by atoms with van der Waals surface area (Å²) in [6, 6.07) is 2.91. The first-order chi connectivity index (χ1) is 7.58. The van der Waals surface area contributed by atoms with Gasteiger partial charge < -0.3 is 15.8 Å². The zero-order chi connectivity index (χ0) is 11.7. The Balaban J connectivity index is 2.18. The third-order valence-electron chi connectivity index (χ3n) is 2.81. The van der Waals surface area contributed by atoms with E-state index in [0.717, 1.165) is 13.0 Å². The standard InChI is InChI=1S/C11H14ClFN2O/c1-6-10(2-3-16-6)15-11-5-8(13)7(12)4-9(11)14/h4-6,10,15H,2-3,14H2,1H3. The Hall–Kier alpha value is -1.00. The molecule has 0 saturated carbocycles. The Morgan fingerprint density at radius 1 is 1.56 bits per heavy atom. The van der Waals surface area contributed by atoms with Gasteiger partial charge in [-0.05, 0) is 19.4 Å². The Morgan fingerprint density at radius 3 is 2.94 bits per heavy atom. The van der Waals surface area contributed by atoms with Crippen LogP contribution in [-0.4, -0.2) is 18.8 Å². The molecule has 2 unspecified atom stereocenters. The highest BCUT2D eigenvalue weighted by Gasteiger charge is 2.24. The Kier molecular flexibility index (Phi) is 3.21. The van der Waals surface area contributed by atoms with Gasteiger partial charge in [-0.1, -0.05) is 11.6 Å². The van der Waals surface area contributed by atoms with Crippen molar-refractivity contribution < 1.29 is 9.13 Å². The average Bonchev–Trinajstić information content (AvgIpc) is 2.61. The van der Waals surface area contributed by atoms with E-state index >= 15 is 0 Å². The summed E-state index contributed by atoms with van der Waals surface area (Å²) >= 11 is 5.62. The van der Waals surface area contributed by atoms with Gasteiger partial charge in [0, 0.05) is 12.7 Å². The topological polar surface area (TPSA) is 47.3 Å². The number of nitrogens with one attached hydrogen (secondary N) is 1. The Labute approximate surface area is 98.7 Å². The number of rotatable bonds is 2. The molecule has 2 atom stereocenters. The van der Waals surface area contributed by atoms with Crippen molar-refractivity contribution in [3.8, 4) is 0 Å². The van der Waals surface area contributed by atoms with E-state index < -0.39 is 5.82 Å². The highest BCUT2D eigenvalue weighted by molar-refractivity contribution is 6.31. The molecule has 0 bridgehead atoms. The summed E-state index contributed by atoms with van der Waals surface area (Å²) in [7, 11) is 0. The van der Waals surface area contributed by atoms with E-state index in [9.17, 15) is 4.39 Å². The molecule has 3 nitrogen and oxygen atoms in total. The van der Waals surface area contributed by atoms with Crippen LogP contribution in [0.25, 0.3) is 0 Å². The van der Waals surface area contributed by atoms with Crippen molar-refractivity contribution in [2.45, 2.75) is 25.5 Å². The van der Waals surface area contributed by atoms with Gasteiger partial charge in [0.05, 0.1) is 28.5 Å². The highest BCUT2D eigenvalue weighted by Crippen LogP contribution is 2.28. The fraction of sp³-hybridized carbons (Fsp3) is 0.455. The molecule has 0 spiro atoms. The minimum absolute atomic E-state index is 0.0405. The van der Waals surface area contributed by atoms with Crippen molar-refractivity contribution in [3.63, 3.8) is 0 Å². The van der Waals surface area contributed by atoms with Crippen LogP contribution in [-0.2, 0) is 4.74 Å². The first-order valence-corrected chi connectivity index (χ1v) is 5.58. The van der Waals surface area contributed by atoms with Gasteiger partial charge in [0.25, 0.3) is 0 Å². The van der Waals surface area contributed by atoms with Crippen molar-refractivity contribution in [3.05, 3.63) is 23.0 Å². The number of nitrogen functional groups attached to an aromatic ring is 1. The first-order valence-electron chi connectivity index (χ1n) is 5.20. The van der Waals surface area contributed by atoms with Crippen LogP contribution in [0.5, 0.6) is 0 Å². The van der Waals surface area contributed by atoms with E-state index in [1.165, 1.54) is 12.1 Å². The van der Waals surface area contributed by atoms with Crippen molar-refractivity contribution in [2.75, 3.05) is 17.7 Å². The summed E-state index contributed by atoms with van der Waals surface area (Å²) in [4.78, 5) is 0. The molecular formula is C11H14ClFN2O. The predicted octanol–water partition coefficient (Wildman–Crippen LogP) is 2.65. The van der Waals surface area contributed by atoms with Crippen LogP contribution in [0, 0.1) is 5.82 Å². The lowest BCUT2D eigenvalue weighted by molar-refractivity contribution is 0.121. The molecule has 88 valence electrons. The largest absolute Gasteiger partial charge is 0.397 e. The summed E-state index contributed by atoms with van der Waals surface area (Å²) in [5, 5.41) is 3.22. The smallest absolute Gasteiger partial charge is 0.143 e. The van der Waals surface area contributed by atoms with Crippen LogP contribution in [0.3, 0.4) is 0 Å². The lowest BCUT2D eigenvalue weighted by Gasteiger charge is -2.18. The zero-order valence-electron chi connectivity index (χ0n) is 8.97. The van der Waals surface area contributed by atoms with Gasteiger partial charge in [-0.25, -0.2) is 4.39 Å². The molecule has 3 N–H and O–H groups in total. The molecule has 1 heterocycles. The number of ether oxygens (including phenoxy) is 1. The number of halogens is 2. The van der Waals surface area contributed by atoms with Crippen molar-refractivity contribution in [2.24, 2.45) is 0 Å². The SMILES string of the molecule is CC1OCCC1Nc1cc(F)c(Cl)cc1N. The first kappa shape index (κ1) is 11.5. The van der Waals surface area contributed by atoms with Crippen LogP contribution in [0.4, 0.5) is 15.8 Å². The minimum Gasteiger partial charge on any atom is -0.397 e. The summed E-state index contributed by atoms with van der Waals surface area (Å²) in [5.74, 6) is -0.468. The molecule has 16 heavy (non-hydrogen) atoms. The maximum atomic E-state index is 13.3. The fourth-order valence-corrected chi connectivity index (χ4v) is 1.98. The second-order valence-electron chi connectivity index (χ2n) is 3.97. The molecule has 0 amide bonds. The van der Waals surface area contributed by atoms with Gasteiger partial charge in [0.1, 0.15) is 5.82 Å². The van der Waals surface area contributed by atoms with E-state index in [0.29, 0.717) is 11.4 Å². The van der Waals surface area contributed by atoms with Crippen LogP contribution in [0.15, 0.2) is 12.1 Å². The molecule has 5 heteroatoms. The van der Waals surface area contributed by atoms with E-state index in [1.807, 2.05) is 6.92 Å². The molecule has 1 fully saturated rings. The molecule has 1 aliphatic heterocycles. The number of hydrogen-bond donors (Lipinski definition) is 2. The average molecular weight is 245 g/mol. The number of hydrogen-bond acceptors (Lipinski definition) is 3. The van der Waals surface area contributed by atoms with Gasteiger partial charge in [0.2, 0.25) is 0 Å². The molecule has 0 radical (unpaired) electrons. The molecule has 0 aliphatic carbocycles. The van der Waals surface area contributed by atoms with E-state index in [-0.39, 0.29) is 17.2 Å². The second kappa shape index (κ2) is 4.47. The third kappa shape index (κ3) is 2.23. The lowest BCUT2D eigenvalue weighted by Crippen LogP contribution is -2.27. The zero-order valence-corrected chi connectivity index (χ0v) is 9.72. The summed E-state index contributed by atoms with van der Waals surface area (Å²) in [6.45, 7) is 2.70.